The molecule has 0 aliphatic carbocycles. The minimum atomic E-state index is -0.0930. The van der Waals surface area contributed by atoms with Gasteiger partial charge >= 0.3 is 0 Å². The molecule has 1 N–H and O–H groups in total. The molecule has 6 heteroatoms. The van der Waals surface area contributed by atoms with E-state index in [2.05, 4.69) is 10.4 Å². The van der Waals surface area contributed by atoms with Crippen molar-refractivity contribution in [2.75, 3.05) is 5.32 Å². The number of halogens is 1. The normalized spacial score (nSPS) is 10.7. The van der Waals surface area contributed by atoms with E-state index in [0.717, 1.165) is 17.1 Å². The molecule has 0 saturated heterocycles. The van der Waals surface area contributed by atoms with E-state index in [1.165, 1.54) is 0 Å². The summed E-state index contributed by atoms with van der Waals surface area (Å²) in [5.74, 6) is 1.32. The van der Waals surface area contributed by atoms with Gasteiger partial charge in [-0.3, -0.25) is 4.79 Å². The maximum absolute atomic E-state index is 12.1. The summed E-state index contributed by atoms with van der Waals surface area (Å²) < 4.78 is 6.90. The van der Waals surface area contributed by atoms with Gasteiger partial charge in [0, 0.05) is 23.9 Å². The first-order valence-corrected chi connectivity index (χ1v) is 7.64. The fourth-order valence-corrected chi connectivity index (χ4v) is 2.47. The molecule has 5 nitrogen and oxygen atoms in total. The minimum Gasteiger partial charge on any atom is -0.469 e. The Balaban J connectivity index is 1.74. The van der Waals surface area contributed by atoms with E-state index < -0.39 is 0 Å². The fraction of sp³-hybridized carbons (Fsp3) is 0.176. The highest BCUT2D eigenvalue weighted by molar-refractivity contribution is 6.30. The Morgan fingerprint density at radius 3 is 2.91 bits per heavy atom. The molecule has 0 fully saturated rings. The minimum absolute atomic E-state index is 0.0930. The van der Waals surface area contributed by atoms with Gasteiger partial charge in [0.25, 0.3) is 0 Å². The molecular weight excluding hydrogens is 314 g/mol. The number of rotatable bonds is 5. The zero-order valence-electron chi connectivity index (χ0n) is 12.6. The van der Waals surface area contributed by atoms with E-state index in [1.54, 1.807) is 23.1 Å². The number of aryl methyl sites for hydroxylation is 2. The maximum atomic E-state index is 12.1. The topological polar surface area (TPSA) is 60.1 Å². The highest BCUT2D eigenvalue weighted by Gasteiger charge is 2.11. The molecule has 1 aromatic carbocycles. The summed E-state index contributed by atoms with van der Waals surface area (Å²) in [6.45, 7) is 1.87. The van der Waals surface area contributed by atoms with Crippen LogP contribution in [0.4, 0.5) is 5.82 Å². The van der Waals surface area contributed by atoms with Gasteiger partial charge < -0.3 is 9.73 Å². The van der Waals surface area contributed by atoms with Crippen molar-refractivity contribution in [3.8, 4) is 5.69 Å². The number of benzene rings is 1. The van der Waals surface area contributed by atoms with E-state index in [0.29, 0.717) is 23.7 Å². The molecule has 118 valence electrons. The Morgan fingerprint density at radius 2 is 2.17 bits per heavy atom. The molecule has 2 aromatic heterocycles. The van der Waals surface area contributed by atoms with Gasteiger partial charge in [0.15, 0.2) is 0 Å². The third-order valence-corrected chi connectivity index (χ3v) is 3.57. The van der Waals surface area contributed by atoms with E-state index in [-0.39, 0.29) is 5.91 Å². The molecular formula is C17H16ClN3O2. The lowest BCUT2D eigenvalue weighted by atomic mass is 10.2. The highest BCUT2D eigenvalue weighted by Crippen LogP contribution is 2.20. The van der Waals surface area contributed by atoms with Crippen molar-refractivity contribution in [1.29, 1.82) is 0 Å². The number of nitrogens with one attached hydrogen (secondary N) is 1. The van der Waals surface area contributed by atoms with Crippen molar-refractivity contribution in [1.82, 2.24) is 9.78 Å². The van der Waals surface area contributed by atoms with Crippen LogP contribution in [-0.2, 0) is 11.2 Å². The third-order valence-electron chi connectivity index (χ3n) is 3.33. The molecule has 0 saturated carbocycles. The molecule has 3 aromatic rings. The van der Waals surface area contributed by atoms with Crippen LogP contribution in [0.2, 0.25) is 5.02 Å². The van der Waals surface area contributed by atoms with Crippen LogP contribution in [0, 0.1) is 6.92 Å². The van der Waals surface area contributed by atoms with Crippen molar-refractivity contribution in [3.63, 3.8) is 0 Å². The smallest absolute Gasteiger partial charge is 0.225 e. The fourth-order valence-electron chi connectivity index (χ4n) is 2.29. The molecule has 0 spiro atoms. The summed E-state index contributed by atoms with van der Waals surface area (Å²) in [6, 6.07) is 12.8. The van der Waals surface area contributed by atoms with Gasteiger partial charge in [-0.2, -0.15) is 5.10 Å². The lowest BCUT2D eigenvalue weighted by molar-refractivity contribution is -0.116. The average molecular weight is 330 g/mol. The van der Waals surface area contributed by atoms with Crippen LogP contribution in [-0.4, -0.2) is 15.7 Å². The van der Waals surface area contributed by atoms with Crippen molar-refractivity contribution in [2.45, 2.75) is 19.8 Å². The molecule has 0 bridgehead atoms. The Kier molecular flexibility index (Phi) is 4.48. The summed E-state index contributed by atoms with van der Waals surface area (Å²) in [4.78, 5) is 12.1. The number of nitrogens with zero attached hydrogens (tertiary/aromatic N) is 2. The number of furan rings is 1. The zero-order chi connectivity index (χ0) is 16.2. The van der Waals surface area contributed by atoms with Crippen molar-refractivity contribution in [3.05, 3.63) is 65.2 Å². The first kappa shape index (κ1) is 15.4. The van der Waals surface area contributed by atoms with Crippen LogP contribution in [0.3, 0.4) is 0 Å². The summed E-state index contributed by atoms with van der Waals surface area (Å²) >= 11 is 6.03. The van der Waals surface area contributed by atoms with Gasteiger partial charge in [-0.15, -0.1) is 0 Å². The highest BCUT2D eigenvalue weighted by atomic mass is 35.5. The Hall–Kier alpha value is -2.53. The zero-order valence-corrected chi connectivity index (χ0v) is 13.4. The predicted octanol–water partition coefficient (Wildman–Crippen LogP) is 4.00. The van der Waals surface area contributed by atoms with E-state index in [9.17, 15) is 4.79 Å². The van der Waals surface area contributed by atoms with Crippen LogP contribution < -0.4 is 5.32 Å². The van der Waals surface area contributed by atoms with Crippen molar-refractivity contribution in [2.24, 2.45) is 0 Å². The largest absolute Gasteiger partial charge is 0.469 e. The summed E-state index contributed by atoms with van der Waals surface area (Å²) in [5.41, 5.74) is 1.61. The monoisotopic (exact) mass is 329 g/mol. The molecule has 0 atom stereocenters. The maximum Gasteiger partial charge on any atom is 0.225 e. The molecule has 0 radical (unpaired) electrons. The van der Waals surface area contributed by atoms with Crippen LogP contribution in [0.15, 0.2) is 53.1 Å². The second-order valence-corrected chi connectivity index (χ2v) is 5.63. The Labute approximate surface area is 138 Å². The number of carbonyl (C=O) groups is 1. The number of hydrogen-bond donors (Lipinski definition) is 1. The van der Waals surface area contributed by atoms with Crippen molar-refractivity contribution < 1.29 is 9.21 Å². The van der Waals surface area contributed by atoms with Gasteiger partial charge in [-0.1, -0.05) is 17.7 Å². The van der Waals surface area contributed by atoms with Crippen LogP contribution in [0.1, 0.15) is 17.9 Å². The van der Waals surface area contributed by atoms with Crippen LogP contribution in [0.5, 0.6) is 0 Å². The second kappa shape index (κ2) is 6.71. The number of aromatic nitrogens is 2. The van der Waals surface area contributed by atoms with Gasteiger partial charge in [0.05, 0.1) is 17.6 Å². The average Bonchev–Trinajstić information content (AvgIpc) is 3.15. The molecule has 0 unspecified atom stereocenters. The molecule has 0 aliphatic heterocycles. The first-order chi connectivity index (χ1) is 11.1. The predicted molar refractivity (Wildman–Crippen MR) is 89.0 cm³/mol. The molecule has 23 heavy (non-hydrogen) atoms. The van der Waals surface area contributed by atoms with Gasteiger partial charge in [0.1, 0.15) is 11.6 Å². The first-order valence-electron chi connectivity index (χ1n) is 7.26. The number of carbonyl (C=O) groups excluding carboxylic acids is 1. The van der Waals surface area contributed by atoms with E-state index >= 15 is 0 Å². The van der Waals surface area contributed by atoms with Gasteiger partial charge in [-0.05, 0) is 37.3 Å². The van der Waals surface area contributed by atoms with Gasteiger partial charge in [0.2, 0.25) is 5.91 Å². The third kappa shape index (κ3) is 3.81. The lowest BCUT2D eigenvalue weighted by Gasteiger charge is -2.09. The lowest BCUT2D eigenvalue weighted by Crippen LogP contribution is -2.15. The summed E-state index contributed by atoms with van der Waals surface area (Å²) in [7, 11) is 0. The quantitative estimate of drug-likeness (QED) is 0.769. The van der Waals surface area contributed by atoms with Gasteiger partial charge in [-0.25, -0.2) is 4.68 Å². The van der Waals surface area contributed by atoms with E-state index in [1.807, 2.05) is 37.3 Å². The van der Waals surface area contributed by atoms with Crippen LogP contribution in [0.25, 0.3) is 5.69 Å². The summed E-state index contributed by atoms with van der Waals surface area (Å²) in [5, 5.41) is 7.91. The Bertz CT molecular complexity index is 809. The van der Waals surface area contributed by atoms with E-state index in [4.69, 9.17) is 16.0 Å². The molecule has 0 aliphatic rings. The summed E-state index contributed by atoms with van der Waals surface area (Å²) in [6.07, 6.45) is 2.50. The number of anilines is 1. The number of hydrogen-bond acceptors (Lipinski definition) is 3. The van der Waals surface area contributed by atoms with Crippen LogP contribution >= 0.6 is 11.6 Å². The molecule has 2 heterocycles. The SMILES string of the molecule is Cc1cc(NC(=O)CCc2ccco2)n(-c2cccc(Cl)c2)n1. The molecule has 3 rings (SSSR count). The standard InChI is InChI=1S/C17H16ClN3O2/c1-12-10-16(19-17(22)8-7-15-6-3-9-23-15)21(20-12)14-5-2-4-13(18)11-14/h2-6,9-11H,7-8H2,1H3,(H,19,22). The van der Waals surface area contributed by atoms with Crippen molar-refractivity contribution >= 4 is 23.3 Å². The number of amides is 1. The second-order valence-electron chi connectivity index (χ2n) is 5.19. The Morgan fingerprint density at radius 1 is 1.30 bits per heavy atom. The molecule has 1 amide bonds.